The normalized spacial score (nSPS) is 14.9. The summed E-state index contributed by atoms with van der Waals surface area (Å²) < 4.78 is 28.8. The quantitative estimate of drug-likeness (QED) is 0.206. The van der Waals surface area contributed by atoms with Gasteiger partial charge in [0.05, 0.1) is 17.7 Å². The van der Waals surface area contributed by atoms with Gasteiger partial charge >= 0.3 is 0 Å². The van der Waals surface area contributed by atoms with Gasteiger partial charge in [0.1, 0.15) is 11.6 Å². The number of sulfonamides is 1. The van der Waals surface area contributed by atoms with Crippen LogP contribution in [-0.4, -0.2) is 58.2 Å². The average molecular weight is 528 g/mol. The number of hydrogen-bond donors (Lipinski definition) is 3. The number of imide groups is 1. The van der Waals surface area contributed by atoms with Crippen molar-refractivity contribution in [3.05, 3.63) is 77.4 Å². The fourth-order valence-corrected chi connectivity index (χ4v) is 5.39. The maximum absolute atomic E-state index is 13.2. The summed E-state index contributed by atoms with van der Waals surface area (Å²) in [4.78, 5) is 35.0. The van der Waals surface area contributed by atoms with E-state index < -0.39 is 27.2 Å². The summed E-state index contributed by atoms with van der Waals surface area (Å²) in [6, 6.07) is 16.9. The van der Waals surface area contributed by atoms with Gasteiger partial charge in [-0.3, -0.25) is 19.2 Å². The number of amides is 2. The van der Waals surface area contributed by atoms with Gasteiger partial charge in [-0.2, -0.15) is 0 Å². The lowest BCUT2D eigenvalue weighted by atomic mass is 10.1. The number of aliphatic hydroxyl groups is 1. The van der Waals surface area contributed by atoms with E-state index >= 15 is 0 Å². The van der Waals surface area contributed by atoms with E-state index in [4.69, 9.17) is 0 Å². The van der Waals surface area contributed by atoms with Crippen LogP contribution in [0.25, 0.3) is 0 Å². The molecule has 1 aliphatic rings. The lowest BCUT2D eigenvalue weighted by molar-refractivity contribution is 0.0640. The van der Waals surface area contributed by atoms with Crippen molar-refractivity contribution in [2.24, 2.45) is 0 Å². The summed E-state index contributed by atoms with van der Waals surface area (Å²) in [5.41, 5.74) is 1.36. The molecule has 2 heterocycles. The Balaban J connectivity index is 1.58. The van der Waals surface area contributed by atoms with Crippen molar-refractivity contribution in [3.63, 3.8) is 0 Å². The lowest BCUT2D eigenvalue weighted by Gasteiger charge is -2.23. The first kappa shape index (κ1) is 25.6. The number of anilines is 2. The molecule has 3 aromatic rings. The molecule has 1 aromatic heterocycles. The number of rotatable bonds is 10. The van der Waals surface area contributed by atoms with E-state index in [1.54, 1.807) is 19.1 Å². The number of hydrogen-bond acceptors (Lipinski definition) is 9. The van der Waals surface area contributed by atoms with Crippen LogP contribution in [0.15, 0.2) is 65.8 Å². The summed E-state index contributed by atoms with van der Waals surface area (Å²) in [6.07, 6.45) is 0. The number of carbonyl (C=O) groups excluding carboxylic acids is 2. The van der Waals surface area contributed by atoms with E-state index in [9.17, 15) is 23.1 Å². The van der Waals surface area contributed by atoms with Crippen LogP contribution < -0.4 is 10.0 Å². The number of aromatic nitrogens is 2. The van der Waals surface area contributed by atoms with E-state index in [-0.39, 0.29) is 29.6 Å². The first-order chi connectivity index (χ1) is 17.2. The van der Waals surface area contributed by atoms with E-state index in [0.717, 1.165) is 10.5 Å². The molecular formula is C24H25N5O5S2. The number of nitrogens with one attached hydrogen (secondary N) is 2. The monoisotopic (exact) mass is 527 g/mol. The second kappa shape index (κ2) is 10.6. The Labute approximate surface area is 213 Å². The number of carbonyl (C=O) groups is 2. The van der Waals surface area contributed by atoms with Crippen LogP contribution in [0.2, 0.25) is 0 Å². The minimum absolute atomic E-state index is 0.0309. The minimum Gasteiger partial charge on any atom is -0.394 e. The van der Waals surface area contributed by atoms with Crippen LogP contribution in [0.5, 0.6) is 0 Å². The Morgan fingerprint density at radius 3 is 2.14 bits per heavy atom. The summed E-state index contributed by atoms with van der Waals surface area (Å²) in [5, 5.41) is 11.2. The predicted octanol–water partition coefficient (Wildman–Crippen LogP) is 2.95. The molecule has 36 heavy (non-hydrogen) atoms. The van der Waals surface area contributed by atoms with Crippen LogP contribution in [0, 0.1) is 0 Å². The number of benzene rings is 2. The largest absolute Gasteiger partial charge is 0.394 e. The van der Waals surface area contributed by atoms with Gasteiger partial charge < -0.3 is 10.4 Å². The van der Waals surface area contributed by atoms with Gasteiger partial charge in [-0.1, -0.05) is 54.2 Å². The Kier molecular flexibility index (Phi) is 7.57. The number of nitrogens with zero attached hydrogens (tertiary/aromatic N) is 3. The molecule has 10 nitrogen and oxygen atoms in total. The molecule has 1 aliphatic heterocycles. The van der Waals surface area contributed by atoms with Crippen molar-refractivity contribution in [1.29, 1.82) is 0 Å². The van der Waals surface area contributed by atoms with E-state index in [1.165, 1.54) is 36.9 Å². The molecule has 0 unspecified atom stereocenters. The first-order valence-electron chi connectivity index (χ1n) is 11.1. The van der Waals surface area contributed by atoms with Gasteiger partial charge in [-0.15, -0.1) is 0 Å². The number of aliphatic hydroxyl groups excluding tert-OH is 1. The highest BCUT2D eigenvalue weighted by Crippen LogP contribution is 2.28. The molecule has 188 valence electrons. The third-order valence-electron chi connectivity index (χ3n) is 5.47. The second-order valence-electron chi connectivity index (χ2n) is 8.20. The van der Waals surface area contributed by atoms with Crippen LogP contribution in [-0.2, 0) is 15.8 Å². The molecule has 3 N–H and O–H groups in total. The lowest BCUT2D eigenvalue weighted by Crippen LogP contribution is -2.45. The average Bonchev–Trinajstić information content (AvgIpc) is 3.12. The van der Waals surface area contributed by atoms with Gasteiger partial charge in [0.25, 0.3) is 21.8 Å². The van der Waals surface area contributed by atoms with Crippen molar-refractivity contribution in [1.82, 2.24) is 14.9 Å². The van der Waals surface area contributed by atoms with E-state index in [1.807, 2.05) is 30.3 Å². The molecule has 0 bridgehead atoms. The molecule has 0 spiro atoms. The van der Waals surface area contributed by atoms with Gasteiger partial charge in [-0.05, 0) is 31.5 Å². The zero-order valence-corrected chi connectivity index (χ0v) is 21.2. The summed E-state index contributed by atoms with van der Waals surface area (Å²) in [6.45, 7) is 2.85. The summed E-state index contributed by atoms with van der Waals surface area (Å²) in [7, 11) is -4.26. The highest BCUT2D eigenvalue weighted by molar-refractivity contribution is 7.98. The molecule has 2 amide bonds. The van der Waals surface area contributed by atoms with Crippen LogP contribution in [0.3, 0.4) is 0 Å². The highest BCUT2D eigenvalue weighted by atomic mass is 32.2. The molecule has 0 fully saturated rings. The Morgan fingerprint density at radius 2 is 1.53 bits per heavy atom. The third-order valence-corrected chi connectivity index (χ3v) is 7.99. The maximum atomic E-state index is 13.2. The fraction of sp³-hybridized carbons (Fsp3) is 0.250. The Hall–Kier alpha value is -3.48. The molecular weight excluding hydrogens is 502 g/mol. The first-order valence-corrected chi connectivity index (χ1v) is 13.6. The minimum atomic E-state index is -4.26. The molecule has 2 aromatic carbocycles. The Bertz CT molecular complexity index is 1350. The zero-order valence-electron chi connectivity index (χ0n) is 19.6. The van der Waals surface area contributed by atoms with Gasteiger partial charge in [0, 0.05) is 17.9 Å². The molecule has 2 atom stereocenters. The van der Waals surface area contributed by atoms with E-state index in [2.05, 4.69) is 20.0 Å². The van der Waals surface area contributed by atoms with Crippen molar-refractivity contribution >= 4 is 45.2 Å². The Morgan fingerprint density at radius 1 is 0.944 bits per heavy atom. The van der Waals surface area contributed by atoms with Gasteiger partial charge in [0.15, 0.2) is 10.5 Å². The highest BCUT2D eigenvalue weighted by Gasteiger charge is 2.43. The van der Waals surface area contributed by atoms with Crippen molar-refractivity contribution in [3.8, 4) is 0 Å². The van der Waals surface area contributed by atoms with Crippen LogP contribution >= 0.6 is 11.8 Å². The molecule has 4 rings (SSSR count). The zero-order chi connectivity index (χ0) is 25.9. The van der Waals surface area contributed by atoms with Crippen molar-refractivity contribution < 1.29 is 23.1 Å². The summed E-state index contributed by atoms with van der Waals surface area (Å²) in [5.74, 6) is -0.508. The molecule has 0 saturated heterocycles. The van der Waals surface area contributed by atoms with E-state index in [0.29, 0.717) is 16.7 Å². The summed E-state index contributed by atoms with van der Waals surface area (Å²) >= 11 is 1.31. The maximum Gasteiger partial charge on any atom is 0.262 e. The van der Waals surface area contributed by atoms with Crippen molar-refractivity contribution in [2.75, 3.05) is 16.6 Å². The van der Waals surface area contributed by atoms with Gasteiger partial charge in [0.2, 0.25) is 0 Å². The van der Waals surface area contributed by atoms with Crippen LogP contribution in [0.1, 0.15) is 40.1 Å². The molecule has 0 aliphatic carbocycles. The number of thioether (sulfide) groups is 1. The molecule has 12 heteroatoms. The molecule has 0 saturated carbocycles. The SMILES string of the molecule is C[C@H](CO)Nc1cc(NS(=O)(=O)[C@H](C)N2C(=O)c3ccccc3C2=O)nc(SCc2ccccc2)n1. The number of fused-ring (bicyclic) bond motifs is 1. The smallest absolute Gasteiger partial charge is 0.262 e. The topological polar surface area (TPSA) is 142 Å². The van der Waals surface area contributed by atoms with Crippen LogP contribution in [0.4, 0.5) is 11.6 Å². The fourth-order valence-electron chi connectivity index (χ4n) is 3.54. The third kappa shape index (κ3) is 5.50. The second-order valence-corrected chi connectivity index (χ2v) is 11.1. The predicted molar refractivity (Wildman–Crippen MR) is 137 cm³/mol. The standard InChI is InChI=1S/C24H25N5O5S2/c1-15(13-30)25-20-12-21(27-24(26-20)35-14-17-8-4-3-5-9-17)28-36(33,34)16(2)29-22(31)18-10-6-7-11-19(18)23(29)32/h3-12,15-16,30H,13-14H2,1-2H3,(H2,25,26,27,28)/t15-,16-/m1/s1. The van der Waals surface area contributed by atoms with Crippen molar-refractivity contribution in [2.45, 2.75) is 36.2 Å². The molecule has 0 radical (unpaired) electrons. The van der Waals surface area contributed by atoms with Gasteiger partial charge in [-0.25, -0.2) is 18.4 Å².